The molecular formula is C15H18BrN2O2+. The van der Waals surface area contributed by atoms with Gasteiger partial charge in [0.2, 0.25) is 0 Å². The quantitative estimate of drug-likeness (QED) is 0.881. The zero-order valence-corrected chi connectivity index (χ0v) is 13.1. The zero-order valence-electron chi connectivity index (χ0n) is 11.5. The van der Waals surface area contributed by atoms with Crippen LogP contribution in [0.15, 0.2) is 51.6 Å². The Balaban J connectivity index is 1.90. The zero-order chi connectivity index (χ0) is 14.5. The summed E-state index contributed by atoms with van der Waals surface area (Å²) in [6, 6.07) is 11.2. The number of hydrogen-bond donors (Lipinski definition) is 2. The van der Waals surface area contributed by atoms with E-state index >= 15 is 0 Å². The third-order valence-electron chi connectivity index (χ3n) is 3.09. The maximum Gasteiger partial charge on any atom is 0.282 e. The predicted molar refractivity (Wildman–Crippen MR) is 81.3 cm³/mol. The lowest BCUT2D eigenvalue weighted by atomic mass is 10.2. The summed E-state index contributed by atoms with van der Waals surface area (Å²) in [4.78, 5) is 12.1. The second kappa shape index (κ2) is 6.72. The van der Waals surface area contributed by atoms with Crippen LogP contribution < -0.4 is 10.6 Å². The van der Waals surface area contributed by atoms with Crippen molar-refractivity contribution in [1.82, 2.24) is 0 Å². The highest BCUT2D eigenvalue weighted by atomic mass is 79.9. The minimum atomic E-state index is -0.196. The SMILES string of the molecule is C[C@H]([NH2+][C@H](C)c1ccco1)C(=O)Nc1ccc(Br)cc1. The van der Waals surface area contributed by atoms with Gasteiger partial charge in [-0.25, -0.2) is 0 Å². The number of nitrogens with one attached hydrogen (secondary N) is 1. The van der Waals surface area contributed by atoms with Gasteiger partial charge < -0.3 is 15.1 Å². The third-order valence-corrected chi connectivity index (χ3v) is 3.62. The number of rotatable bonds is 5. The van der Waals surface area contributed by atoms with E-state index < -0.39 is 0 Å². The molecule has 0 fully saturated rings. The summed E-state index contributed by atoms with van der Waals surface area (Å²) in [5.74, 6) is 0.846. The molecule has 0 aliphatic carbocycles. The number of carbonyl (C=O) groups excluding carboxylic acids is 1. The summed E-state index contributed by atoms with van der Waals surface area (Å²) in [5, 5.41) is 4.88. The van der Waals surface area contributed by atoms with Crippen molar-refractivity contribution in [3.63, 3.8) is 0 Å². The van der Waals surface area contributed by atoms with Crippen molar-refractivity contribution >= 4 is 27.5 Å². The van der Waals surface area contributed by atoms with Gasteiger partial charge in [0, 0.05) is 10.2 Å². The van der Waals surface area contributed by atoms with Gasteiger partial charge in [-0.05, 0) is 50.2 Å². The fourth-order valence-electron chi connectivity index (χ4n) is 1.95. The first-order chi connectivity index (χ1) is 9.56. The Labute approximate surface area is 126 Å². The number of hydrogen-bond acceptors (Lipinski definition) is 2. The molecule has 1 aromatic heterocycles. The van der Waals surface area contributed by atoms with Crippen LogP contribution in [0, 0.1) is 0 Å². The number of amides is 1. The van der Waals surface area contributed by atoms with Crippen LogP contribution in [-0.2, 0) is 4.79 Å². The second-order valence-corrected chi connectivity index (χ2v) is 5.70. The van der Waals surface area contributed by atoms with Crippen molar-refractivity contribution in [2.24, 2.45) is 0 Å². The average Bonchev–Trinajstić information content (AvgIpc) is 2.95. The first-order valence-electron chi connectivity index (χ1n) is 6.51. The lowest BCUT2D eigenvalue weighted by Crippen LogP contribution is -2.91. The van der Waals surface area contributed by atoms with E-state index in [9.17, 15) is 4.79 Å². The van der Waals surface area contributed by atoms with Crippen LogP contribution in [0.2, 0.25) is 0 Å². The van der Waals surface area contributed by atoms with Gasteiger partial charge in [-0.1, -0.05) is 15.9 Å². The fourth-order valence-corrected chi connectivity index (χ4v) is 2.22. The van der Waals surface area contributed by atoms with Gasteiger partial charge in [-0.2, -0.15) is 0 Å². The van der Waals surface area contributed by atoms with E-state index in [1.807, 2.05) is 55.6 Å². The van der Waals surface area contributed by atoms with Crippen molar-refractivity contribution in [1.29, 1.82) is 0 Å². The minimum Gasteiger partial charge on any atom is -0.463 e. The van der Waals surface area contributed by atoms with Crippen LogP contribution in [0.5, 0.6) is 0 Å². The molecule has 2 rings (SSSR count). The number of nitrogens with two attached hydrogens (primary N) is 1. The lowest BCUT2D eigenvalue weighted by Gasteiger charge is -2.15. The summed E-state index contributed by atoms with van der Waals surface area (Å²) in [7, 11) is 0. The number of furan rings is 1. The Morgan fingerprint density at radius 1 is 1.25 bits per heavy atom. The summed E-state index contributed by atoms with van der Waals surface area (Å²) >= 11 is 3.37. The first-order valence-corrected chi connectivity index (χ1v) is 7.30. The first kappa shape index (κ1) is 14.8. The molecule has 2 aromatic rings. The predicted octanol–water partition coefficient (Wildman–Crippen LogP) is 2.69. The molecule has 1 aromatic carbocycles. The molecule has 0 saturated carbocycles. The Morgan fingerprint density at radius 2 is 1.95 bits per heavy atom. The molecular weight excluding hydrogens is 320 g/mol. The van der Waals surface area contributed by atoms with Crippen molar-refractivity contribution in [2.45, 2.75) is 25.9 Å². The normalized spacial score (nSPS) is 13.8. The molecule has 0 aliphatic heterocycles. The van der Waals surface area contributed by atoms with Gasteiger partial charge >= 0.3 is 0 Å². The molecule has 2 atom stereocenters. The Bertz CT molecular complexity index is 552. The number of benzene rings is 1. The lowest BCUT2D eigenvalue weighted by molar-refractivity contribution is -0.711. The Morgan fingerprint density at radius 3 is 2.55 bits per heavy atom. The monoisotopic (exact) mass is 337 g/mol. The van der Waals surface area contributed by atoms with Crippen molar-refractivity contribution in [3.05, 3.63) is 52.9 Å². The van der Waals surface area contributed by atoms with Crippen molar-refractivity contribution < 1.29 is 14.5 Å². The molecule has 20 heavy (non-hydrogen) atoms. The topological polar surface area (TPSA) is 58.9 Å². The third kappa shape index (κ3) is 3.95. The van der Waals surface area contributed by atoms with Crippen LogP contribution in [0.25, 0.3) is 0 Å². The standard InChI is InChI=1S/C15H17BrN2O2/c1-10(14-4-3-9-20-14)17-11(2)15(19)18-13-7-5-12(16)6-8-13/h3-11,17H,1-2H3,(H,18,19)/p+1/t10-,11+/m1/s1. The molecule has 0 saturated heterocycles. The highest BCUT2D eigenvalue weighted by Crippen LogP contribution is 2.14. The smallest absolute Gasteiger partial charge is 0.282 e. The van der Waals surface area contributed by atoms with E-state index in [4.69, 9.17) is 4.42 Å². The van der Waals surface area contributed by atoms with E-state index in [0.29, 0.717) is 0 Å². The summed E-state index contributed by atoms with van der Waals surface area (Å²) < 4.78 is 6.33. The molecule has 0 aliphatic rings. The number of carbonyl (C=O) groups is 1. The minimum absolute atomic E-state index is 0.0225. The molecule has 106 valence electrons. The van der Waals surface area contributed by atoms with Gasteiger partial charge in [0.15, 0.2) is 11.8 Å². The summed E-state index contributed by atoms with van der Waals surface area (Å²) in [6.07, 6.45) is 1.65. The summed E-state index contributed by atoms with van der Waals surface area (Å²) in [6.45, 7) is 3.90. The molecule has 0 bridgehead atoms. The molecule has 1 amide bonds. The molecule has 0 unspecified atom stereocenters. The highest BCUT2D eigenvalue weighted by molar-refractivity contribution is 9.10. The van der Waals surface area contributed by atoms with Crippen molar-refractivity contribution in [2.75, 3.05) is 5.32 Å². The van der Waals surface area contributed by atoms with Crippen LogP contribution in [0.4, 0.5) is 5.69 Å². The maximum atomic E-state index is 12.1. The highest BCUT2D eigenvalue weighted by Gasteiger charge is 2.21. The number of halogens is 1. The van der Waals surface area contributed by atoms with E-state index in [2.05, 4.69) is 21.2 Å². The molecule has 3 N–H and O–H groups in total. The molecule has 0 spiro atoms. The molecule has 0 radical (unpaired) electrons. The van der Waals surface area contributed by atoms with Crippen molar-refractivity contribution in [3.8, 4) is 0 Å². The fraction of sp³-hybridized carbons (Fsp3) is 0.267. The van der Waals surface area contributed by atoms with Gasteiger partial charge in [0.05, 0.1) is 6.26 Å². The van der Waals surface area contributed by atoms with E-state index in [1.54, 1.807) is 6.26 Å². The van der Waals surface area contributed by atoms with Crippen LogP contribution in [0.3, 0.4) is 0 Å². The van der Waals surface area contributed by atoms with E-state index in [1.165, 1.54) is 0 Å². The second-order valence-electron chi connectivity index (χ2n) is 4.78. The van der Waals surface area contributed by atoms with Crippen LogP contribution >= 0.6 is 15.9 Å². The van der Waals surface area contributed by atoms with Crippen LogP contribution in [0.1, 0.15) is 25.6 Å². The van der Waals surface area contributed by atoms with Gasteiger partial charge in [-0.3, -0.25) is 4.79 Å². The van der Waals surface area contributed by atoms with E-state index in [0.717, 1.165) is 15.9 Å². The van der Waals surface area contributed by atoms with E-state index in [-0.39, 0.29) is 18.0 Å². The Hall–Kier alpha value is -1.59. The van der Waals surface area contributed by atoms with Gasteiger partial charge in [0.25, 0.3) is 5.91 Å². The van der Waals surface area contributed by atoms with Gasteiger partial charge in [0.1, 0.15) is 6.04 Å². The van der Waals surface area contributed by atoms with Crippen LogP contribution in [-0.4, -0.2) is 11.9 Å². The summed E-state index contributed by atoms with van der Waals surface area (Å²) in [5.41, 5.74) is 0.795. The number of quaternary nitrogens is 1. The van der Waals surface area contributed by atoms with Gasteiger partial charge in [-0.15, -0.1) is 0 Å². The molecule has 5 heteroatoms. The molecule has 4 nitrogen and oxygen atoms in total. The maximum absolute atomic E-state index is 12.1. The largest absolute Gasteiger partial charge is 0.463 e. The Kier molecular flexibility index (Phi) is 4.98. The molecule has 1 heterocycles. The average molecular weight is 338 g/mol. The number of anilines is 1.